The molecule has 15 heteroatoms. The molecule has 0 spiro atoms. The van der Waals surface area contributed by atoms with Gasteiger partial charge in [-0.05, 0) is 49.9 Å². The lowest BCUT2D eigenvalue weighted by molar-refractivity contribution is -0.150. The van der Waals surface area contributed by atoms with Crippen LogP contribution in [-0.2, 0) is 51.2 Å². The minimum absolute atomic E-state index is 0.0259. The summed E-state index contributed by atoms with van der Waals surface area (Å²) in [6, 6.07) is 19.6. The number of nitrogens with one attached hydrogen (secondary N) is 3. The van der Waals surface area contributed by atoms with Crippen molar-refractivity contribution >= 4 is 52.8 Å². The Morgan fingerprint density at radius 3 is 2.21 bits per heavy atom. The number of ether oxygens (including phenoxy) is 3. The minimum Gasteiger partial charge on any atom is -0.481 e. The van der Waals surface area contributed by atoms with Gasteiger partial charge in [0.1, 0.15) is 23.5 Å². The smallest absolute Gasteiger partial charge is 0.328 e. The molecular weight excluding hydrogens is 674 g/mol. The second-order valence-electron chi connectivity index (χ2n) is 11.5. The van der Waals surface area contributed by atoms with E-state index in [0.717, 1.165) is 12.5 Å². The number of nitrogen functional groups attached to an aromatic ring is 1. The van der Waals surface area contributed by atoms with Crippen LogP contribution < -0.4 is 26.0 Å². The standard InChI is InChI=1S/C35H39N5O8.C2H4O2/c1-3-46-31(42)17-15-27(35(45)47-4-2)39-34(44)26(18-22-8-6-5-7-9-22)33(43)38-25-14-16-28-29(19-25)48-21-30(41)40(28)20-23-10-12-24(13-11-23)32(36)37;1-2(3)4/h5-14,16,19,26-27H,3-4,15,17-18,20-21H2,1-2H3,(H3,36,37)(H,38,43)(H,39,44);1H3,(H,3,4)/t26?,27-;/m0./s1. The van der Waals surface area contributed by atoms with Crippen molar-refractivity contribution in [2.24, 2.45) is 11.7 Å². The van der Waals surface area contributed by atoms with E-state index in [4.69, 9.17) is 35.3 Å². The van der Waals surface area contributed by atoms with Gasteiger partial charge in [0.2, 0.25) is 11.8 Å². The number of carboxylic acid groups (broad SMARTS) is 1. The largest absolute Gasteiger partial charge is 0.481 e. The first-order valence-corrected chi connectivity index (χ1v) is 16.5. The molecule has 3 amide bonds. The SMILES string of the molecule is CC(=O)O.CCOC(=O)CC[C@H](NC(=O)C(Cc1ccccc1)C(=O)Nc1ccc2c(c1)OCC(=O)N2Cc1ccc(C(=N)N)cc1)C(=O)OCC. The lowest BCUT2D eigenvalue weighted by Crippen LogP contribution is -2.48. The summed E-state index contributed by atoms with van der Waals surface area (Å²) in [7, 11) is 0. The summed E-state index contributed by atoms with van der Waals surface area (Å²) in [6.45, 7) is 4.64. The van der Waals surface area contributed by atoms with Gasteiger partial charge in [-0.3, -0.25) is 29.4 Å². The zero-order valence-corrected chi connectivity index (χ0v) is 29.2. The number of carboxylic acids is 1. The zero-order chi connectivity index (χ0) is 38.2. The predicted octanol–water partition coefficient (Wildman–Crippen LogP) is 3.18. The molecule has 0 fully saturated rings. The Labute approximate surface area is 300 Å². The number of carbonyl (C=O) groups excluding carboxylic acids is 5. The van der Waals surface area contributed by atoms with Crippen molar-refractivity contribution in [3.63, 3.8) is 0 Å². The molecule has 1 heterocycles. The van der Waals surface area contributed by atoms with Crippen LogP contribution in [0.4, 0.5) is 11.4 Å². The van der Waals surface area contributed by atoms with Crippen LogP contribution >= 0.6 is 0 Å². The molecule has 3 aromatic rings. The van der Waals surface area contributed by atoms with E-state index in [-0.39, 0.29) is 57.4 Å². The number of amides is 3. The number of amidine groups is 1. The van der Waals surface area contributed by atoms with Crippen molar-refractivity contribution in [1.82, 2.24) is 5.32 Å². The second kappa shape index (κ2) is 19.8. The van der Waals surface area contributed by atoms with Crippen LogP contribution in [0, 0.1) is 11.3 Å². The number of nitrogens with two attached hydrogens (primary N) is 1. The lowest BCUT2D eigenvalue weighted by Gasteiger charge is -2.30. The van der Waals surface area contributed by atoms with E-state index >= 15 is 0 Å². The number of esters is 2. The first kappa shape index (κ1) is 40.2. The first-order valence-electron chi connectivity index (χ1n) is 16.5. The van der Waals surface area contributed by atoms with Crippen LogP contribution in [0.25, 0.3) is 0 Å². The molecule has 1 aliphatic rings. The Morgan fingerprint density at radius 2 is 1.60 bits per heavy atom. The number of rotatable bonds is 15. The van der Waals surface area contributed by atoms with E-state index in [1.165, 1.54) is 0 Å². The van der Waals surface area contributed by atoms with Crippen LogP contribution in [0.15, 0.2) is 72.8 Å². The molecule has 0 aromatic heterocycles. The highest BCUT2D eigenvalue weighted by atomic mass is 16.5. The van der Waals surface area contributed by atoms with Crippen LogP contribution in [-0.4, -0.2) is 72.4 Å². The number of carbonyl (C=O) groups is 6. The summed E-state index contributed by atoms with van der Waals surface area (Å²) in [5.41, 5.74) is 8.47. The third-order valence-electron chi connectivity index (χ3n) is 7.52. The van der Waals surface area contributed by atoms with Gasteiger partial charge >= 0.3 is 11.9 Å². The van der Waals surface area contributed by atoms with E-state index in [1.54, 1.807) is 85.5 Å². The summed E-state index contributed by atoms with van der Waals surface area (Å²) in [4.78, 5) is 75.4. The van der Waals surface area contributed by atoms with E-state index in [2.05, 4.69) is 10.6 Å². The molecule has 3 aromatic carbocycles. The maximum Gasteiger partial charge on any atom is 0.328 e. The van der Waals surface area contributed by atoms with Gasteiger partial charge in [0.15, 0.2) is 6.61 Å². The van der Waals surface area contributed by atoms with Crippen molar-refractivity contribution in [2.45, 2.75) is 52.6 Å². The van der Waals surface area contributed by atoms with Crippen molar-refractivity contribution in [2.75, 3.05) is 30.0 Å². The molecule has 0 bridgehead atoms. The first-order chi connectivity index (χ1) is 24.8. The van der Waals surface area contributed by atoms with Crippen LogP contribution in [0.1, 0.15) is 50.3 Å². The molecule has 2 atom stereocenters. The molecule has 6 N–H and O–H groups in total. The van der Waals surface area contributed by atoms with E-state index < -0.39 is 41.7 Å². The average molecular weight is 718 g/mol. The second-order valence-corrected chi connectivity index (χ2v) is 11.5. The number of hydrogen-bond acceptors (Lipinski definition) is 10. The fourth-order valence-corrected chi connectivity index (χ4v) is 5.07. The molecule has 0 aliphatic carbocycles. The molecule has 276 valence electrons. The molecule has 0 saturated carbocycles. The molecule has 0 saturated heterocycles. The molecule has 4 rings (SSSR count). The van der Waals surface area contributed by atoms with Crippen molar-refractivity contribution in [1.29, 1.82) is 5.41 Å². The van der Waals surface area contributed by atoms with E-state index in [1.807, 2.05) is 6.07 Å². The highest BCUT2D eigenvalue weighted by molar-refractivity contribution is 6.08. The minimum atomic E-state index is -1.26. The van der Waals surface area contributed by atoms with Crippen LogP contribution in [0.3, 0.4) is 0 Å². The van der Waals surface area contributed by atoms with Crippen molar-refractivity contribution in [3.05, 3.63) is 89.5 Å². The number of anilines is 2. The summed E-state index contributed by atoms with van der Waals surface area (Å²) in [5.74, 6) is -4.67. The van der Waals surface area contributed by atoms with Crippen molar-refractivity contribution < 1.29 is 48.1 Å². The predicted molar refractivity (Wildman–Crippen MR) is 191 cm³/mol. The van der Waals surface area contributed by atoms with Gasteiger partial charge in [-0.1, -0.05) is 54.6 Å². The molecule has 0 radical (unpaired) electrons. The Kier molecular flexibility index (Phi) is 15.3. The Bertz CT molecular complexity index is 1740. The summed E-state index contributed by atoms with van der Waals surface area (Å²) in [6.07, 6.45) is -0.176. The topological polar surface area (TPSA) is 228 Å². The third-order valence-corrected chi connectivity index (χ3v) is 7.52. The lowest BCUT2D eigenvalue weighted by atomic mass is 9.96. The van der Waals surface area contributed by atoms with Crippen molar-refractivity contribution in [3.8, 4) is 5.75 Å². The number of hydrogen-bond donors (Lipinski definition) is 5. The molecule has 1 aliphatic heterocycles. The summed E-state index contributed by atoms with van der Waals surface area (Å²) >= 11 is 0. The molecule has 15 nitrogen and oxygen atoms in total. The summed E-state index contributed by atoms with van der Waals surface area (Å²) < 4.78 is 15.8. The average Bonchev–Trinajstić information content (AvgIpc) is 3.10. The number of aliphatic carboxylic acids is 1. The number of fused-ring (bicyclic) bond motifs is 1. The molecular formula is C37H43N5O10. The Hall–Kier alpha value is -6.25. The Balaban J connectivity index is 0.00000173. The van der Waals surface area contributed by atoms with Gasteiger partial charge in [-0.2, -0.15) is 0 Å². The van der Waals surface area contributed by atoms with Crippen LogP contribution in [0.2, 0.25) is 0 Å². The van der Waals surface area contributed by atoms with Gasteiger partial charge < -0.3 is 40.6 Å². The highest BCUT2D eigenvalue weighted by Crippen LogP contribution is 2.35. The number of nitrogens with zero attached hydrogens (tertiary/aromatic N) is 1. The quantitative estimate of drug-likeness (QED) is 0.0664. The van der Waals surface area contributed by atoms with Gasteiger partial charge in [-0.15, -0.1) is 0 Å². The number of benzene rings is 3. The fourth-order valence-electron chi connectivity index (χ4n) is 5.07. The van der Waals surface area contributed by atoms with Gasteiger partial charge in [0, 0.05) is 30.7 Å². The van der Waals surface area contributed by atoms with Gasteiger partial charge in [-0.25, -0.2) is 4.79 Å². The maximum absolute atomic E-state index is 13.7. The van der Waals surface area contributed by atoms with Crippen LogP contribution in [0.5, 0.6) is 5.75 Å². The monoisotopic (exact) mass is 717 g/mol. The molecule has 52 heavy (non-hydrogen) atoms. The van der Waals surface area contributed by atoms with Gasteiger partial charge in [0.05, 0.1) is 25.4 Å². The zero-order valence-electron chi connectivity index (χ0n) is 29.2. The maximum atomic E-state index is 13.7. The highest BCUT2D eigenvalue weighted by Gasteiger charge is 2.32. The summed E-state index contributed by atoms with van der Waals surface area (Å²) in [5, 5.41) is 20.4. The fraction of sp³-hybridized carbons (Fsp3) is 0.324. The van der Waals surface area contributed by atoms with E-state index in [9.17, 15) is 24.0 Å². The molecule has 1 unspecified atom stereocenters. The van der Waals surface area contributed by atoms with Gasteiger partial charge in [0.25, 0.3) is 11.9 Å². The Morgan fingerprint density at radius 1 is 0.942 bits per heavy atom. The van der Waals surface area contributed by atoms with E-state index in [0.29, 0.717) is 28.3 Å². The third kappa shape index (κ3) is 12.3. The normalized spacial score (nSPS) is 12.8.